The zero-order chi connectivity index (χ0) is 15.0. The number of methoxy groups -OCH3 is 1. The lowest BCUT2D eigenvalue weighted by Crippen LogP contribution is -2.19. The van der Waals surface area contributed by atoms with E-state index in [1.165, 1.54) is 10.9 Å². The van der Waals surface area contributed by atoms with Gasteiger partial charge in [0.2, 0.25) is 0 Å². The van der Waals surface area contributed by atoms with Crippen molar-refractivity contribution in [1.82, 2.24) is 0 Å². The molecule has 3 heteroatoms. The first-order valence-corrected chi connectivity index (χ1v) is 8.72. The average Bonchev–Trinajstić information content (AvgIpc) is 2.91. The molecule has 1 unspecified atom stereocenters. The van der Waals surface area contributed by atoms with Gasteiger partial charge in [0.15, 0.2) is 0 Å². The molecule has 110 valence electrons. The summed E-state index contributed by atoms with van der Waals surface area (Å²) in [5.74, 6) is 1.96. The third-order valence-corrected chi connectivity index (χ3v) is 6.83. The number of para-hydroxylation sites is 1. The van der Waals surface area contributed by atoms with E-state index in [0.717, 1.165) is 23.4 Å². The predicted octanol–water partition coefficient (Wildman–Crippen LogP) is 4.62. The summed E-state index contributed by atoms with van der Waals surface area (Å²) in [6.07, 6.45) is 0.820. The normalized spacial score (nSPS) is 17.2. The van der Waals surface area contributed by atoms with Crippen LogP contribution >= 0.6 is 7.92 Å². The van der Waals surface area contributed by atoms with Gasteiger partial charge in [-0.25, -0.2) is 0 Å². The highest BCUT2D eigenvalue weighted by atomic mass is 31.1. The molecule has 0 fully saturated rings. The summed E-state index contributed by atoms with van der Waals surface area (Å²) in [5.41, 5.74) is 2.41. The van der Waals surface area contributed by atoms with Gasteiger partial charge in [0.1, 0.15) is 17.8 Å². The molecule has 21 heavy (non-hydrogen) atoms. The Balaban J connectivity index is 2.20. The van der Waals surface area contributed by atoms with Crippen LogP contribution in [-0.2, 0) is 0 Å². The number of fused-ring (bicyclic) bond motifs is 1. The summed E-state index contributed by atoms with van der Waals surface area (Å²) in [5, 5.41) is 1.61. The highest BCUT2D eigenvalue weighted by Gasteiger charge is 2.35. The standard InChI is InChI=1S/C18H21O2P/c1-18(2,3)21-12-20-16-11-7-9-14(17(16)21)13-8-5-6-10-15(13)19-4/h5-11H,12H2,1-4H3. The summed E-state index contributed by atoms with van der Waals surface area (Å²) < 4.78 is 11.5. The molecule has 0 saturated carbocycles. The summed E-state index contributed by atoms with van der Waals surface area (Å²) in [6, 6.07) is 14.6. The Morgan fingerprint density at radius 1 is 1.00 bits per heavy atom. The van der Waals surface area contributed by atoms with Gasteiger partial charge in [-0.3, -0.25) is 0 Å². The fourth-order valence-corrected chi connectivity index (χ4v) is 5.08. The minimum atomic E-state index is -0.342. The van der Waals surface area contributed by atoms with Crippen LogP contribution in [0.4, 0.5) is 0 Å². The van der Waals surface area contributed by atoms with Crippen LogP contribution in [0.3, 0.4) is 0 Å². The minimum absolute atomic E-state index is 0.235. The molecule has 1 aliphatic rings. The largest absolute Gasteiger partial charge is 0.496 e. The zero-order valence-electron chi connectivity index (χ0n) is 13.0. The van der Waals surface area contributed by atoms with Gasteiger partial charge < -0.3 is 9.47 Å². The summed E-state index contributed by atoms with van der Waals surface area (Å²) in [6.45, 7) is 6.91. The van der Waals surface area contributed by atoms with Crippen LogP contribution in [0.5, 0.6) is 11.5 Å². The molecule has 0 bridgehead atoms. The second-order valence-electron chi connectivity index (χ2n) is 6.22. The molecule has 0 amide bonds. The third-order valence-electron chi connectivity index (χ3n) is 3.82. The van der Waals surface area contributed by atoms with Gasteiger partial charge in [0, 0.05) is 10.9 Å². The van der Waals surface area contributed by atoms with E-state index < -0.39 is 0 Å². The first kappa shape index (κ1) is 14.4. The fourth-order valence-electron chi connectivity index (χ4n) is 2.73. The van der Waals surface area contributed by atoms with Crippen molar-refractivity contribution >= 4 is 13.2 Å². The smallest absolute Gasteiger partial charge is 0.128 e. The molecule has 2 aromatic carbocycles. The molecule has 3 rings (SSSR count). The molecule has 0 saturated heterocycles. The van der Waals surface area contributed by atoms with Gasteiger partial charge >= 0.3 is 0 Å². The Labute approximate surface area is 127 Å². The van der Waals surface area contributed by atoms with Crippen LogP contribution in [0, 0.1) is 0 Å². The van der Waals surface area contributed by atoms with E-state index in [9.17, 15) is 0 Å². The van der Waals surface area contributed by atoms with E-state index >= 15 is 0 Å². The average molecular weight is 300 g/mol. The maximum absolute atomic E-state index is 5.96. The third kappa shape index (κ3) is 2.53. The number of hydrogen-bond acceptors (Lipinski definition) is 2. The molecule has 0 aromatic heterocycles. The van der Waals surface area contributed by atoms with E-state index in [4.69, 9.17) is 9.47 Å². The van der Waals surface area contributed by atoms with Crippen molar-refractivity contribution in [2.45, 2.75) is 25.9 Å². The van der Waals surface area contributed by atoms with Crippen LogP contribution in [0.1, 0.15) is 20.8 Å². The molecular weight excluding hydrogens is 279 g/mol. The van der Waals surface area contributed by atoms with Crippen LogP contribution in [0.2, 0.25) is 0 Å². The topological polar surface area (TPSA) is 18.5 Å². The van der Waals surface area contributed by atoms with Gasteiger partial charge in [-0.05, 0) is 30.8 Å². The van der Waals surface area contributed by atoms with E-state index in [-0.39, 0.29) is 13.1 Å². The maximum Gasteiger partial charge on any atom is 0.128 e. The van der Waals surface area contributed by atoms with E-state index in [0.29, 0.717) is 0 Å². The Bertz CT molecular complexity index is 659. The van der Waals surface area contributed by atoms with Crippen molar-refractivity contribution < 1.29 is 9.47 Å². The minimum Gasteiger partial charge on any atom is -0.496 e. The molecular formula is C18H21O2P. The lowest BCUT2D eigenvalue weighted by molar-refractivity contribution is 0.400. The summed E-state index contributed by atoms with van der Waals surface area (Å²) in [7, 11) is 1.39. The Morgan fingerprint density at radius 3 is 2.43 bits per heavy atom. The molecule has 2 nitrogen and oxygen atoms in total. The van der Waals surface area contributed by atoms with Gasteiger partial charge in [-0.2, -0.15) is 0 Å². The molecule has 1 heterocycles. The van der Waals surface area contributed by atoms with E-state index in [1.54, 1.807) is 7.11 Å². The molecule has 1 atom stereocenters. The van der Waals surface area contributed by atoms with Gasteiger partial charge in [0.05, 0.1) is 7.11 Å². The second-order valence-corrected chi connectivity index (χ2v) is 9.13. The first-order chi connectivity index (χ1) is 10.0. The fraction of sp³-hybridized carbons (Fsp3) is 0.333. The van der Waals surface area contributed by atoms with Gasteiger partial charge in [-0.1, -0.05) is 51.1 Å². The number of benzene rings is 2. The van der Waals surface area contributed by atoms with Crippen molar-refractivity contribution in [1.29, 1.82) is 0 Å². The van der Waals surface area contributed by atoms with Crippen LogP contribution < -0.4 is 14.8 Å². The van der Waals surface area contributed by atoms with Crippen LogP contribution in [0.15, 0.2) is 42.5 Å². The van der Waals surface area contributed by atoms with Gasteiger partial charge in [-0.15, -0.1) is 0 Å². The monoisotopic (exact) mass is 300 g/mol. The quantitative estimate of drug-likeness (QED) is 0.754. The lowest BCUT2D eigenvalue weighted by atomic mass is 10.0. The number of rotatable bonds is 2. The Hall–Kier alpha value is -1.53. The van der Waals surface area contributed by atoms with Crippen molar-refractivity contribution in [2.75, 3.05) is 13.5 Å². The number of ether oxygens (including phenoxy) is 2. The molecule has 0 radical (unpaired) electrons. The Morgan fingerprint density at radius 2 is 1.71 bits per heavy atom. The zero-order valence-corrected chi connectivity index (χ0v) is 13.9. The molecule has 0 N–H and O–H groups in total. The van der Waals surface area contributed by atoms with Crippen molar-refractivity contribution in [3.63, 3.8) is 0 Å². The Kier molecular flexibility index (Phi) is 3.67. The van der Waals surface area contributed by atoms with E-state index in [2.05, 4.69) is 51.1 Å². The van der Waals surface area contributed by atoms with Crippen molar-refractivity contribution in [2.24, 2.45) is 0 Å². The summed E-state index contributed by atoms with van der Waals surface area (Å²) >= 11 is 0. The molecule has 1 aliphatic heterocycles. The van der Waals surface area contributed by atoms with Crippen molar-refractivity contribution in [3.8, 4) is 22.6 Å². The van der Waals surface area contributed by atoms with E-state index in [1.807, 2.05) is 12.1 Å². The number of hydrogen-bond donors (Lipinski definition) is 0. The molecule has 0 aliphatic carbocycles. The predicted molar refractivity (Wildman–Crippen MR) is 90.2 cm³/mol. The SMILES string of the molecule is COc1ccccc1-c1cccc2c1P(C(C)(C)C)CO2. The maximum atomic E-state index is 5.96. The summed E-state index contributed by atoms with van der Waals surface area (Å²) in [4.78, 5) is 0. The molecule has 2 aromatic rings. The first-order valence-electron chi connectivity index (χ1n) is 7.19. The van der Waals surface area contributed by atoms with Crippen LogP contribution in [0.25, 0.3) is 11.1 Å². The highest BCUT2D eigenvalue weighted by molar-refractivity contribution is 7.67. The van der Waals surface area contributed by atoms with Crippen molar-refractivity contribution in [3.05, 3.63) is 42.5 Å². The second kappa shape index (κ2) is 5.35. The van der Waals surface area contributed by atoms with Crippen LogP contribution in [-0.4, -0.2) is 18.6 Å². The van der Waals surface area contributed by atoms with Gasteiger partial charge in [0.25, 0.3) is 0 Å². The molecule has 0 spiro atoms. The highest BCUT2D eigenvalue weighted by Crippen LogP contribution is 2.56. The lowest BCUT2D eigenvalue weighted by Gasteiger charge is -2.27.